The Bertz CT molecular complexity index is 612. The van der Waals surface area contributed by atoms with Crippen molar-refractivity contribution in [1.82, 2.24) is 0 Å². The molecule has 2 aromatic carbocycles. The quantitative estimate of drug-likeness (QED) is 0.870. The van der Waals surface area contributed by atoms with E-state index in [2.05, 4.69) is 4.90 Å². The van der Waals surface area contributed by atoms with E-state index in [0.717, 1.165) is 22.9 Å². The Morgan fingerprint density at radius 1 is 0.952 bits per heavy atom. The van der Waals surface area contributed by atoms with Crippen LogP contribution < -0.4 is 9.64 Å². The van der Waals surface area contributed by atoms with Crippen LogP contribution in [-0.4, -0.2) is 24.0 Å². The van der Waals surface area contributed by atoms with Gasteiger partial charge in [0.2, 0.25) is 0 Å². The number of nitrogens with zero attached hydrogens (tertiary/aromatic N) is 1. The third kappa shape index (κ3) is 2.17. The summed E-state index contributed by atoms with van der Waals surface area (Å²) in [6.07, 6.45) is 0.818. The number of ether oxygens (including phenoxy) is 2. The van der Waals surface area contributed by atoms with E-state index >= 15 is 0 Å². The molecule has 0 radical (unpaired) electrons. The van der Waals surface area contributed by atoms with E-state index in [-0.39, 0.29) is 12.3 Å². The monoisotopic (exact) mass is 283 g/mol. The first-order valence-electron chi connectivity index (χ1n) is 7.28. The number of hydrogen-bond acceptors (Lipinski definition) is 4. The summed E-state index contributed by atoms with van der Waals surface area (Å²) in [6.45, 7) is 0.577. The molecule has 2 atom stereocenters. The number of rotatable bonds is 1. The van der Waals surface area contributed by atoms with Gasteiger partial charge in [0.15, 0.2) is 11.5 Å². The summed E-state index contributed by atoms with van der Waals surface area (Å²) in [5.41, 5.74) is 1.96. The van der Waals surface area contributed by atoms with Crippen molar-refractivity contribution in [2.75, 3.05) is 11.5 Å². The second kappa shape index (κ2) is 5.06. The summed E-state index contributed by atoms with van der Waals surface area (Å²) in [7, 11) is 0. The summed E-state index contributed by atoms with van der Waals surface area (Å²) in [5, 5.41) is 9.97. The minimum Gasteiger partial charge on any atom is -0.453 e. The van der Waals surface area contributed by atoms with Gasteiger partial charge in [0, 0.05) is 6.42 Å². The van der Waals surface area contributed by atoms with Crippen LogP contribution in [0.4, 0.5) is 11.4 Å². The fourth-order valence-corrected chi connectivity index (χ4v) is 2.98. The van der Waals surface area contributed by atoms with Crippen LogP contribution in [0, 0.1) is 0 Å². The van der Waals surface area contributed by atoms with Gasteiger partial charge in [-0.2, -0.15) is 0 Å². The molecule has 4 rings (SSSR count). The zero-order valence-electron chi connectivity index (χ0n) is 11.6. The predicted octanol–water partition coefficient (Wildman–Crippen LogP) is 3.43. The lowest BCUT2D eigenvalue weighted by Crippen LogP contribution is -2.41. The van der Waals surface area contributed by atoms with Gasteiger partial charge in [-0.15, -0.1) is 0 Å². The smallest absolute Gasteiger partial charge is 0.151 e. The molecule has 0 saturated carbocycles. The third-order valence-corrected chi connectivity index (χ3v) is 3.99. The number of benzene rings is 2. The molecule has 0 bridgehead atoms. The molecule has 1 fully saturated rings. The molecule has 0 aliphatic carbocycles. The summed E-state index contributed by atoms with van der Waals surface area (Å²) in [6, 6.07) is 15.9. The third-order valence-electron chi connectivity index (χ3n) is 3.99. The van der Waals surface area contributed by atoms with Crippen LogP contribution in [0.5, 0.6) is 11.5 Å². The molecule has 0 amide bonds. The fourth-order valence-electron chi connectivity index (χ4n) is 2.98. The molecule has 2 unspecified atom stereocenters. The molecule has 4 nitrogen and oxygen atoms in total. The largest absolute Gasteiger partial charge is 0.453 e. The Kier molecular flexibility index (Phi) is 3.05. The highest BCUT2D eigenvalue weighted by molar-refractivity contribution is 5.78. The van der Waals surface area contributed by atoms with Crippen molar-refractivity contribution >= 4 is 11.4 Å². The average Bonchev–Trinajstić information content (AvgIpc) is 2.52. The van der Waals surface area contributed by atoms with Crippen molar-refractivity contribution in [3.63, 3.8) is 0 Å². The summed E-state index contributed by atoms with van der Waals surface area (Å²) < 4.78 is 11.9. The molecule has 21 heavy (non-hydrogen) atoms. The molecule has 0 spiro atoms. The van der Waals surface area contributed by atoms with Crippen LogP contribution in [0.15, 0.2) is 48.5 Å². The minimum absolute atomic E-state index is 0.167. The normalized spacial score (nSPS) is 24.0. The molecule has 4 heteroatoms. The van der Waals surface area contributed by atoms with Crippen LogP contribution >= 0.6 is 0 Å². The van der Waals surface area contributed by atoms with E-state index in [0.29, 0.717) is 19.4 Å². The molecule has 1 N–H and O–H groups in total. The number of aliphatic hydroxyl groups excluding tert-OH is 1. The first-order valence-corrected chi connectivity index (χ1v) is 7.28. The van der Waals surface area contributed by atoms with Crippen molar-refractivity contribution in [1.29, 1.82) is 0 Å². The van der Waals surface area contributed by atoms with Gasteiger partial charge in [0.25, 0.3) is 0 Å². The van der Waals surface area contributed by atoms with Crippen LogP contribution in [0.1, 0.15) is 12.8 Å². The maximum Gasteiger partial charge on any atom is 0.151 e. The maximum absolute atomic E-state index is 9.97. The second-order valence-electron chi connectivity index (χ2n) is 5.41. The maximum atomic E-state index is 9.97. The Labute approximate surface area is 123 Å². The first kappa shape index (κ1) is 12.7. The van der Waals surface area contributed by atoms with E-state index in [1.807, 2.05) is 48.5 Å². The van der Waals surface area contributed by atoms with Gasteiger partial charge in [-0.3, -0.25) is 0 Å². The molecule has 2 heterocycles. The van der Waals surface area contributed by atoms with E-state index in [9.17, 15) is 5.11 Å². The predicted molar refractivity (Wildman–Crippen MR) is 80.1 cm³/mol. The SMILES string of the molecule is OC1CCOC(N2c3ccccc3Oc3ccccc32)C1. The van der Waals surface area contributed by atoms with Crippen molar-refractivity contribution < 1.29 is 14.6 Å². The fraction of sp³-hybridized carbons (Fsp3) is 0.294. The van der Waals surface area contributed by atoms with Gasteiger partial charge in [-0.25, -0.2) is 0 Å². The van der Waals surface area contributed by atoms with Gasteiger partial charge in [0.05, 0.1) is 24.1 Å². The van der Waals surface area contributed by atoms with Crippen LogP contribution in [0.25, 0.3) is 0 Å². The second-order valence-corrected chi connectivity index (χ2v) is 5.41. The lowest BCUT2D eigenvalue weighted by molar-refractivity contribution is -0.0398. The minimum atomic E-state index is -0.314. The highest BCUT2D eigenvalue weighted by Gasteiger charge is 2.33. The Hall–Kier alpha value is -2.04. The molecule has 108 valence electrons. The summed E-state index contributed by atoms with van der Waals surface area (Å²) >= 11 is 0. The van der Waals surface area contributed by atoms with Gasteiger partial charge in [-0.05, 0) is 30.7 Å². The van der Waals surface area contributed by atoms with Crippen LogP contribution in [-0.2, 0) is 4.74 Å². The van der Waals surface area contributed by atoms with Crippen molar-refractivity contribution in [2.24, 2.45) is 0 Å². The molecular weight excluding hydrogens is 266 g/mol. The number of fused-ring (bicyclic) bond motifs is 2. The Morgan fingerprint density at radius 2 is 1.57 bits per heavy atom. The number of hydrogen-bond donors (Lipinski definition) is 1. The van der Waals surface area contributed by atoms with Crippen molar-refractivity contribution in [3.8, 4) is 11.5 Å². The standard InChI is InChI=1S/C17H17NO3/c19-12-9-10-20-17(11-12)18-13-5-1-3-7-15(13)21-16-8-4-2-6-14(16)18/h1-8,12,17,19H,9-11H2. The van der Waals surface area contributed by atoms with E-state index in [4.69, 9.17) is 9.47 Å². The van der Waals surface area contributed by atoms with Gasteiger partial charge in [0.1, 0.15) is 6.23 Å². The highest BCUT2D eigenvalue weighted by Crippen LogP contribution is 2.48. The molecule has 1 saturated heterocycles. The van der Waals surface area contributed by atoms with E-state index < -0.39 is 0 Å². The van der Waals surface area contributed by atoms with E-state index in [1.54, 1.807) is 0 Å². The van der Waals surface area contributed by atoms with Crippen LogP contribution in [0.2, 0.25) is 0 Å². The molecule has 0 aromatic heterocycles. The average molecular weight is 283 g/mol. The Morgan fingerprint density at radius 3 is 2.19 bits per heavy atom. The topological polar surface area (TPSA) is 41.9 Å². The lowest BCUT2D eigenvalue weighted by Gasteiger charge is -2.40. The molecule has 2 aromatic rings. The van der Waals surface area contributed by atoms with E-state index in [1.165, 1.54) is 0 Å². The number of aliphatic hydroxyl groups is 1. The Balaban J connectivity index is 1.81. The number of para-hydroxylation sites is 4. The van der Waals surface area contributed by atoms with Gasteiger partial charge >= 0.3 is 0 Å². The molecule has 2 aliphatic rings. The molecule has 2 aliphatic heterocycles. The molecular formula is C17H17NO3. The summed E-state index contributed by atoms with van der Waals surface area (Å²) in [4.78, 5) is 2.14. The van der Waals surface area contributed by atoms with Gasteiger partial charge < -0.3 is 19.5 Å². The van der Waals surface area contributed by atoms with Crippen molar-refractivity contribution in [3.05, 3.63) is 48.5 Å². The highest BCUT2D eigenvalue weighted by atomic mass is 16.5. The number of anilines is 2. The van der Waals surface area contributed by atoms with Crippen molar-refractivity contribution in [2.45, 2.75) is 25.2 Å². The first-order chi connectivity index (χ1) is 10.3. The zero-order valence-corrected chi connectivity index (χ0v) is 11.6. The van der Waals surface area contributed by atoms with Gasteiger partial charge in [-0.1, -0.05) is 24.3 Å². The van der Waals surface area contributed by atoms with Crippen LogP contribution in [0.3, 0.4) is 0 Å². The summed E-state index contributed by atoms with van der Waals surface area (Å²) in [5.74, 6) is 1.64. The zero-order chi connectivity index (χ0) is 14.2. The lowest BCUT2D eigenvalue weighted by atomic mass is 10.1.